The molecule has 1 aromatic rings. The summed E-state index contributed by atoms with van der Waals surface area (Å²) in [5.41, 5.74) is 0.739. The molecule has 0 aliphatic rings. The summed E-state index contributed by atoms with van der Waals surface area (Å²) in [6, 6.07) is 5.72. The first-order valence-corrected chi connectivity index (χ1v) is 8.82. The normalized spacial score (nSPS) is 12.6. The molecule has 1 amide bonds. The average Bonchev–Trinajstić information content (AvgIpc) is 2.53. The molecule has 6 heteroatoms. The second-order valence-corrected chi connectivity index (χ2v) is 6.97. The van der Waals surface area contributed by atoms with Gasteiger partial charge in [0.25, 0.3) is 5.91 Å². The molecule has 0 aromatic heterocycles. The van der Waals surface area contributed by atoms with E-state index in [1.54, 1.807) is 0 Å². The number of benzene rings is 1. The van der Waals surface area contributed by atoms with Gasteiger partial charge in [0.15, 0.2) is 18.1 Å². The Balaban J connectivity index is 2.71. The second kappa shape index (κ2) is 10.3. The van der Waals surface area contributed by atoms with E-state index in [2.05, 4.69) is 10.6 Å². The highest BCUT2D eigenvalue weighted by Crippen LogP contribution is 2.28. The summed E-state index contributed by atoms with van der Waals surface area (Å²) in [5.74, 6) is 0.987. The van der Waals surface area contributed by atoms with E-state index in [-0.39, 0.29) is 30.7 Å². The van der Waals surface area contributed by atoms with E-state index in [9.17, 15) is 9.90 Å². The first-order valence-electron chi connectivity index (χ1n) is 8.82. The molecule has 1 aromatic carbocycles. The van der Waals surface area contributed by atoms with E-state index in [4.69, 9.17) is 9.47 Å². The van der Waals surface area contributed by atoms with Crippen LogP contribution in [0.1, 0.15) is 46.6 Å². The Morgan fingerprint density at radius 3 is 2.48 bits per heavy atom. The zero-order chi connectivity index (χ0) is 18.9. The molecule has 0 radical (unpaired) electrons. The fourth-order valence-electron chi connectivity index (χ4n) is 2.25. The molecule has 0 saturated carbocycles. The topological polar surface area (TPSA) is 79.8 Å². The van der Waals surface area contributed by atoms with Crippen molar-refractivity contribution in [3.8, 4) is 11.5 Å². The molecule has 142 valence electrons. The highest BCUT2D eigenvalue weighted by atomic mass is 16.5. The first kappa shape index (κ1) is 21.3. The Hall–Kier alpha value is -1.79. The summed E-state index contributed by atoms with van der Waals surface area (Å²) in [6.07, 6.45) is 0.860. The van der Waals surface area contributed by atoms with Gasteiger partial charge in [-0.15, -0.1) is 0 Å². The molecule has 0 heterocycles. The fraction of sp³-hybridized carbons (Fsp3) is 0.632. The van der Waals surface area contributed by atoms with E-state index in [0.29, 0.717) is 24.7 Å². The van der Waals surface area contributed by atoms with Crippen LogP contribution in [-0.4, -0.2) is 42.4 Å². The number of nitrogens with one attached hydrogen (secondary N) is 2. The van der Waals surface area contributed by atoms with Crippen molar-refractivity contribution in [1.29, 1.82) is 0 Å². The van der Waals surface area contributed by atoms with Crippen molar-refractivity contribution in [1.82, 2.24) is 10.6 Å². The van der Waals surface area contributed by atoms with Crippen LogP contribution in [0.25, 0.3) is 0 Å². The van der Waals surface area contributed by atoms with Gasteiger partial charge in [0.05, 0.1) is 13.2 Å². The minimum Gasteiger partial charge on any atom is -0.490 e. The Labute approximate surface area is 150 Å². The third-order valence-electron chi connectivity index (χ3n) is 3.49. The Morgan fingerprint density at radius 1 is 1.20 bits per heavy atom. The standard InChI is InChI=1S/C19H32N2O4/c1-6-15(12-22)20-11-14-8-9-16(17(10-14)24-7-2)25-13-18(23)21-19(3,4)5/h8-10,15,20,22H,6-7,11-13H2,1-5H3,(H,21,23). The minimum atomic E-state index is -0.290. The number of carbonyl (C=O) groups excluding carboxylic acids is 1. The molecular formula is C19H32N2O4. The lowest BCUT2D eigenvalue weighted by molar-refractivity contribution is -0.124. The smallest absolute Gasteiger partial charge is 0.258 e. The van der Waals surface area contributed by atoms with Crippen LogP contribution >= 0.6 is 0 Å². The second-order valence-electron chi connectivity index (χ2n) is 6.97. The Kier molecular flexibility index (Phi) is 8.72. The third kappa shape index (κ3) is 8.23. The minimum absolute atomic E-state index is 0.0582. The van der Waals surface area contributed by atoms with Gasteiger partial charge in [0.1, 0.15) is 0 Å². The SMILES string of the molecule is CCOc1cc(CNC(CC)CO)ccc1OCC(=O)NC(C)(C)C. The number of carbonyl (C=O) groups is 1. The molecule has 0 aliphatic heterocycles. The lowest BCUT2D eigenvalue weighted by atomic mass is 10.1. The van der Waals surface area contributed by atoms with Gasteiger partial charge in [-0.05, 0) is 51.8 Å². The average molecular weight is 352 g/mol. The summed E-state index contributed by atoms with van der Waals surface area (Å²) >= 11 is 0. The first-order chi connectivity index (χ1) is 11.8. The fourth-order valence-corrected chi connectivity index (χ4v) is 2.25. The molecule has 0 saturated heterocycles. The monoisotopic (exact) mass is 352 g/mol. The van der Waals surface area contributed by atoms with Crippen LogP contribution in [0, 0.1) is 0 Å². The van der Waals surface area contributed by atoms with Crippen molar-refractivity contribution >= 4 is 5.91 Å². The van der Waals surface area contributed by atoms with Crippen LogP contribution in [-0.2, 0) is 11.3 Å². The van der Waals surface area contributed by atoms with Gasteiger partial charge in [0.2, 0.25) is 0 Å². The van der Waals surface area contributed by atoms with Gasteiger partial charge in [-0.2, -0.15) is 0 Å². The lowest BCUT2D eigenvalue weighted by Crippen LogP contribution is -2.43. The highest BCUT2D eigenvalue weighted by molar-refractivity contribution is 5.78. The van der Waals surface area contributed by atoms with Crippen molar-refractivity contribution in [2.24, 2.45) is 0 Å². The van der Waals surface area contributed by atoms with E-state index >= 15 is 0 Å². The predicted octanol–water partition coefficient (Wildman–Crippen LogP) is 2.24. The largest absolute Gasteiger partial charge is 0.490 e. The molecule has 1 unspecified atom stereocenters. The van der Waals surface area contributed by atoms with E-state index in [0.717, 1.165) is 12.0 Å². The summed E-state index contributed by atoms with van der Waals surface area (Å²) < 4.78 is 11.3. The van der Waals surface area contributed by atoms with Gasteiger partial charge in [-0.25, -0.2) is 0 Å². The molecule has 25 heavy (non-hydrogen) atoms. The predicted molar refractivity (Wildman–Crippen MR) is 99.0 cm³/mol. The molecule has 1 atom stereocenters. The van der Waals surface area contributed by atoms with Gasteiger partial charge in [0, 0.05) is 18.1 Å². The van der Waals surface area contributed by atoms with E-state index in [1.807, 2.05) is 52.8 Å². The maximum absolute atomic E-state index is 11.9. The number of aliphatic hydroxyl groups is 1. The maximum Gasteiger partial charge on any atom is 0.258 e. The van der Waals surface area contributed by atoms with E-state index in [1.165, 1.54) is 0 Å². The molecular weight excluding hydrogens is 320 g/mol. The summed E-state index contributed by atoms with van der Waals surface area (Å²) in [4.78, 5) is 11.9. The molecule has 0 aliphatic carbocycles. The summed E-state index contributed by atoms with van der Waals surface area (Å²) in [5, 5.41) is 15.4. The number of aliphatic hydroxyl groups excluding tert-OH is 1. The van der Waals surface area contributed by atoms with Crippen molar-refractivity contribution in [3.05, 3.63) is 23.8 Å². The number of ether oxygens (including phenoxy) is 2. The van der Waals surface area contributed by atoms with E-state index < -0.39 is 0 Å². The Morgan fingerprint density at radius 2 is 1.92 bits per heavy atom. The number of hydrogen-bond donors (Lipinski definition) is 3. The zero-order valence-electron chi connectivity index (χ0n) is 16.0. The number of amides is 1. The molecule has 0 spiro atoms. The van der Waals surface area contributed by atoms with Crippen LogP contribution < -0.4 is 20.1 Å². The summed E-state index contributed by atoms with van der Waals surface area (Å²) in [7, 11) is 0. The molecule has 0 bridgehead atoms. The van der Waals surface area contributed by atoms with Crippen molar-refractivity contribution in [2.75, 3.05) is 19.8 Å². The molecule has 1 rings (SSSR count). The maximum atomic E-state index is 11.9. The van der Waals surface area contributed by atoms with Gasteiger partial charge in [-0.3, -0.25) is 4.79 Å². The highest BCUT2D eigenvalue weighted by Gasteiger charge is 2.15. The van der Waals surface area contributed by atoms with Crippen molar-refractivity contribution in [2.45, 2.75) is 59.2 Å². The lowest BCUT2D eigenvalue weighted by Gasteiger charge is -2.21. The van der Waals surface area contributed by atoms with Crippen LogP contribution in [0.2, 0.25) is 0 Å². The van der Waals surface area contributed by atoms with Crippen molar-refractivity contribution in [3.63, 3.8) is 0 Å². The molecule has 6 nitrogen and oxygen atoms in total. The molecule has 3 N–H and O–H groups in total. The number of hydrogen-bond acceptors (Lipinski definition) is 5. The van der Waals surface area contributed by atoms with Crippen LogP contribution in [0.5, 0.6) is 11.5 Å². The van der Waals surface area contributed by atoms with Crippen LogP contribution in [0.3, 0.4) is 0 Å². The zero-order valence-corrected chi connectivity index (χ0v) is 16.0. The Bertz CT molecular complexity index is 537. The van der Waals surface area contributed by atoms with Crippen LogP contribution in [0.4, 0.5) is 0 Å². The van der Waals surface area contributed by atoms with Gasteiger partial charge < -0.3 is 25.2 Å². The molecule has 0 fully saturated rings. The quantitative estimate of drug-likeness (QED) is 0.602. The van der Waals surface area contributed by atoms with Crippen molar-refractivity contribution < 1.29 is 19.4 Å². The van der Waals surface area contributed by atoms with Crippen LogP contribution in [0.15, 0.2) is 18.2 Å². The number of rotatable bonds is 10. The summed E-state index contributed by atoms with van der Waals surface area (Å²) in [6.45, 7) is 10.9. The van der Waals surface area contributed by atoms with Gasteiger partial charge in [-0.1, -0.05) is 13.0 Å². The van der Waals surface area contributed by atoms with Gasteiger partial charge >= 0.3 is 0 Å². The third-order valence-corrected chi connectivity index (χ3v) is 3.49.